The summed E-state index contributed by atoms with van der Waals surface area (Å²) in [6.45, 7) is 3.06. The van der Waals surface area contributed by atoms with Gasteiger partial charge in [-0.3, -0.25) is 24.2 Å². The number of carboxylic acids is 4. The maximum absolute atomic E-state index is 12.2. The number of sulfone groups is 2. The Morgan fingerprint density at radius 3 is 1.85 bits per heavy atom. The maximum Gasteiger partial charge on any atom is 0.319 e. The quantitative estimate of drug-likeness (QED) is 0.0347. The lowest BCUT2D eigenvalue weighted by Crippen LogP contribution is -2.30. The molecule has 2 heterocycles. The van der Waals surface area contributed by atoms with Gasteiger partial charge in [0.15, 0.2) is 42.7 Å². The molecule has 0 radical (unpaired) electrons. The molecular weight excluding hydrogens is 895 g/mol. The van der Waals surface area contributed by atoms with Gasteiger partial charge >= 0.3 is 23.9 Å². The average molecular weight is 936 g/mol. The Morgan fingerprint density at radius 2 is 1.24 bits per heavy atom. The van der Waals surface area contributed by atoms with Gasteiger partial charge in [-0.05, 0) is 49.1 Å². The van der Waals surface area contributed by atoms with Crippen LogP contribution < -0.4 is 20.4 Å². The third-order valence-electron chi connectivity index (χ3n) is 8.10. The summed E-state index contributed by atoms with van der Waals surface area (Å²) in [6.07, 6.45) is 5.84. The van der Waals surface area contributed by atoms with Crippen molar-refractivity contribution in [2.24, 2.45) is 4.99 Å². The second kappa shape index (κ2) is 24.0. The average Bonchev–Trinajstić information content (AvgIpc) is 3.24. The van der Waals surface area contributed by atoms with Crippen molar-refractivity contribution in [2.75, 3.05) is 42.6 Å². The molecule has 2 aliphatic heterocycles. The van der Waals surface area contributed by atoms with E-state index in [1.807, 2.05) is 0 Å². The summed E-state index contributed by atoms with van der Waals surface area (Å²) >= 11 is 1.08. The minimum absolute atomic E-state index is 0.00866. The second-order valence-electron chi connectivity index (χ2n) is 12.8. The summed E-state index contributed by atoms with van der Waals surface area (Å²) in [4.78, 5) is 55.6. The van der Waals surface area contributed by atoms with Crippen molar-refractivity contribution in [1.29, 1.82) is 0 Å². The zero-order valence-corrected chi connectivity index (χ0v) is 35.8. The predicted octanol–water partition coefficient (Wildman–Crippen LogP) is 4.48. The number of nitrogens with one attached hydrogen (secondary N) is 2. The highest BCUT2D eigenvalue weighted by Gasteiger charge is 2.23. The lowest BCUT2D eigenvalue weighted by atomic mass is 10.0. The van der Waals surface area contributed by atoms with Gasteiger partial charge in [0.2, 0.25) is 0 Å². The van der Waals surface area contributed by atoms with Crippen LogP contribution in [0.1, 0.15) is 30.4 Å². The fraction of sp³-hybridized carbons (Fsp3) is 0.256. The Kier molecular flexibility index (Phi) is 18.9. The van der Waals surface area contributed by atoms with Crippen molar-refractivity contribution in [3.63, 3.8) is 0 Å². The van der Waals surface area contributed by atoms with Crippen molar-refractivity contribution in [3.8, 4) is 11.5 Å². The van der Waals surface area contributed by atoms with Crippen LogP contribution in [0.2, 0.25) is 0 Å². The largest absolute Gasteiger partial charge is 0.481 e. The number of nitrogens with zero attached hydrogens (tertiary/aromatic N) is 1. The molecule has 0 aliphatic carbocycles. The number of fused-ring (bicyclic) bond motifs is 1. The van der Waals surface area contributed by atoms with Crippen molar-refractivity contribution in [1.82, 2.24) is 10.6 Å². The lowest BCUT2D eigenvalue weighted by Gasteiger charge is -2.17. The van der Waals surface area contributed by atoms with Gasteiger partial charge in [0.25, 0.3) is 0 Å². The van der Waals surface area contributed by atoms with Crippen LogP contribution >= 0.6 is 24.1 Å². The molecule has 6 rings (SSSR count). The van der Waals surface area contributed by atoms with Crippen LogP contribution in [-0.2, 0) is 47.5 Å². The summed E-state index contributed by atoms with van der Waals surface area (Å²) in [7, 11) is -7.98. The number of benzene rings is 4. The highest BCUT2D eigenvalue weighted by atomic mass is 32.2. The van der Waals surface area contributed by atoms with Gasteiger partial charge in [-0.2, -0.15) is 0 Å². The highest BCUT2D eigenvalue weighted by molar-refractivity contribution is 7.95. The SMILES string of the molecule is C1=C(c2ccc(C3=NCCCN3)cc2)NCCC1.O=C(O)CSOOc1cccc(S(=O)(=O)CC(=O)O)c1.O=C(O)CSOOc1cccc2c(S(=O)(=O)CC(=O)O)cccc12. The van der Waals surface area contributed by atoms with E-state index in [4.69, 9.17) is 29.6 Å². The Hall–Kier alpha value is -5.85. The van der Waals surface area contributed by atoms with Crippen LogP contribution in [0.15, 0.2) is 106 Å². The molecule has 2 aliphatic rings. The van der Waals surface area contributed by atoms with Crippen LogP contribution in [0.3, 0.4) is 0 Å². The fourth-order valence-corrected chi connectivity index (χ4v) is 8.37. The van der Waals surface area contributed by atoms with Crippen molar-refractivity contribution >= 4 is 89.9 Å². The summed E-state index contributed by atoms with van der Waals surface area (Å²) in [5.74, 6) is -6.62. The molecule has 4 aromatic carbocycles. The fourth-order valence-electron chi connectivity index (χ4n) is 5.47. The van der Waals surface area contributed by atoms with Crippen LogP contribution in [0.4, 0.5) is 0 Å². The molecule has 0 spiro atoms. The number of hydrogen-bond donors (Lipinski definition) is 6. The van der Waals surface area contributed by atoms with Gasteiger partial charge in [-0.25, -0.2) is 16.8 Å². The van der Waals surface area contributed by atoms with Crippen LogP contribution in [0.25, 0.3) is 16.5 Å². The zero-order valence-electron chi connectivity index (χ0n) is 32.5. The molecule has 62 heavy (non-hydrogen) atoms. The summed E-state index contributed by atoms with van der Waals surface area (Å²) in [6, 6.07) is 22.6. The third-order valence-corrected chi connectivity index (χ3v) is 12.4. The summed E-state index contributed by atoms with van der Waals surface area (Å²) in [5.41, 5.74) is 3.73. The Bertz CT molecular complexity index is 2450. The number of amidine groups is 1. The molecule has 0 fully saturated rings. The standard InChI is InChI=1S/C15H19N3.C14H12O8S2.C10H10O8S2/c1-2-9-16-14(4-1)12-5-7-13(8-6-12)15-17-10-3-11-18-15;15-13(16)7-23-22-21-11-5-1-4-10-9(11)3-2-6-12(10)24(19,20)8-14(17)18;11-9(12)5-19-18-17-7-2-1-3-8(4-7)20(15,16)6-10(13)14/h4-8,16H,1-3,9-11H2,(H,17,18);1-6H,7-8H2,(H,15,16)(H,17,18);1-4H,5-6H2,(H,11,12)(H,13,14). The number of aliphatic imine (C=N–C) groups is 1. The monoisotopic (exact) mass is 935 g/mol. The molecular formula is C39H41N3O16S4. The van der Waals surface area contributed by atoms with E-state index in [0.29, 0.717) is 29.5 Å². The first kappa shape index (κ1) is 48.8. The number of carbonyl (C=O) groups is 4. The Balaban J connectivity index is 0.000000207. The number of aliphatic carboxylic acids is 4. The maximum atomic E-state index is 12.2. The van der Waals surface area contributed by atoms with E-state index < -0.39 is 55.1 Å². The lowest BCUT2D eigenvalue weighted by molar-refractivity contribution is -0.135. The van der Waals surface area contributed by atoms with Crippen molar-refractivity contribution in [3.05, 3.63) is 102 Å². The van der Waals surface area contributed by atoms with E-state index in [2.05, 4.69) is 55.2 Å². The number of rotatable bonds is 18. The molecule has 332 valence electrons. The van der Waals surface area contributed by atoms with Crippen molar-refractivity contribution in [2.45, 2.75) is 29.1 Å². The molecule has 0 saturated carbocycles. The highest BCUT2D eigenvalue weighted by Crippen LogP contribution is 2.31. The van der Waals surface area contributed by atoms with Gasteiger partial charge in [-0.15, -0.1) is 8.67 Å². The molecule has 0 atom stereocenters. The molecule has 19 nitrogen and oxygen atoms in total. The molecule has 0 bridgehead atoms. The summed E-state index contributed by atoms with van der Waals surface area (Å²) < 4.78 is 56.9. The molecule has 0 saturated heterocycles. The smallest absolute Gasteiger partial charge is 0.319 e. The number of allylic oxidation sites excluding steroid dienone is 1. The second-order valence-corrected chi connectivity index (χ2v) is 18.0. The summed E-state index contributed by atoms with van der Waals surface area (Å²) in [5, 5.41) is 41.6. The molecule has 0 amide bonds. The van der Waals surface area contributed by atoms with Crippen LogP contribution in [-0.4, -0.2) is 110 Å². The molecule has 0 aromatic heterocycles. The molecule has 6 N–H and O–H groups in total. The minimum Gasteiger partial charge on any atom is -0.481 e. The Morgan fingerprint density at radius 1 is 0.645 bits per heavy atom. The van der Waals surface area contributed by atoms with Gasteiger partial charge in [-0.1, -0.05) is 60.7 Å². The number of carboxylic acid groups (broad SMARTS) is 4. The van der Waals surface area contributed by atoms with Crippen LogP contribution in [0.5, 0.6) is 11.5 Å². The minimum atomic E-state index is -4.02. The number of hydrogen-bond acceptors (Lipinski definition) is 17. The first-order chi connectivity index (χ1) is 29.6. The van der Waals surface area contributed by atoms with Crippen LogP contribution in [0, 0.1) is 0 Å². The molecule has 23 heteroatoms. The van der Waals surface area contributed by atoms with E-state index in [1.54, 1.807) is 6.07 Å². The van der Waals surface area contributed by atoms with E-state index in [1.165, 1.54) is 78.2 Å². The van der Waals surface area contributed by atoms with Gasteiger partial charge < -0.3 is 40.8 Å². The first-order valence-electron chi connectivity index (χ1n) is 18.3. The first-order valence-corrected chi connectivity index (χ1v) is 23.4. The molecule has 4 aromatic rings. The third kappa shape index (κ3) is 15.9. The topological polar surface area (TPSA) is 291 Å². The van der Waals surface area contributed by atoms with Gasteiger partial charge in [0, 0.05) is 47.7 Å². The van der Waals surface area contributed by atoms with E-state index >= 15 is 0 Å². The van der Waals surface area contributed by atoms with E-state index in [9.17, 15) is 36.0 Å². The van der Waals surface area contributed by atoms with Gasteiger partial charge in [0.05, 0.1) is 33.9 Å². The normalized spacial score (nSPS) is 13.5. The molecule has 0 unspecified atom stereocenters. The zero-order chi connectivity index (χ0) is 45.1. The van der Waals surface area contributed by atoms with E-state index in [-0.39, 0.29) is 38.2 Å². The van der Waals surface area contributed by atoms with Gasteiger partial charge in [0.1, 0.15) is 17.3 Å². The predicted molar refractivity (Wildman–Crippen MR) is 229 cm³/mol. The van der Waals surface area contributed by atoms with Crippen molar-refractivity contribution < 1.29 is 74.9 Å². The Labute approximate surface area is 364 Å². The van der Waals surface area contributed by atoms with E-state index in [0.717, 1.165) is 38.0 Å².